The second-order valence-electron chi connectivity index (χ2n) is 9.56. The van der Waals surface area contributed by atoms with Gasteiger partial charge in [-0.25, -0.2) is 8.42 Å². The van der Waals surface area contributed by atoms with Crippen molar-refractivity contribution in [1.29, 1.82) is 0 Å². The SMILES string of the molecule is COc1cc(S(=O)(=O)N(COCC[Si](C)(C)C)COCC[Si](C)(C)C)ccc1N. The topological polar surface area (TPSA) is 91.1 Å². The monoisotopic (exact) mass is 462 g/mol. The molecule has 1 aromatic rings. The van der Waals surface area contributed by atoms with Gasteiger partial charge in [0.15, 0.2) is 0 Å². The molecule has 7 nitrogen and oxygen atoms in total. The van der Waals surface area contributed by atoms with Crippen molar-refractivity contribution in [2.24, 2.45) is 0 Å². The first-order valence-corrected chi connectivity index (χ1v) is 18.7. The van der Waals surface area contributed by atoms with Crippen molar-refractivity contribution in [1.82, 2.24) is 4.31 Å². The van der Waals surface area contributed by atoms with Crippen LogP contribution in [0.1, 0.15) is 0 Å². The molecule has 0 atom stereocenters. The number of methoxy groups -OCH3 is 1. The Hall–Kier alpha value is -0.916. The van der Waals surface area contributed by atoms with Crippen LogP contribution in [0.4, 0.5) is 5.69 Å². The summed E-state index contributed by atoms with van der Waals surface area (Å²) in [6, 6.07) is 6.37. The van der Waals surface area contributed by atoms with Gasteiger partial charge in [-0.1, -0.05) is 39.3 Å². The summed E-state index contributed by atoms with van der Waals surface area (Å²) in [6.45, 7) is 14.5. The van der Waals surface area contributed by atoms with Crippen LogP contribution < -0.4 is 10.5 Å². The van der Waals surface area contributed by atoms with Crippen LogP contribution >= 0.6 is 0 Å². The minimum atomic E-state index is -3.81. The smallest absolute Gasteiger partial charge is 0.247 e. The number of hydrogen-bond donors (Lipinski definition) is 1. The van der Waals surface area contributed by atoms with Gasteiger partial charge in [-0.05, 0) is 24.2 Å². The second kappa shape index (κ2) is 10.9. The molecule has 2 N–H and O–H groups in total. The lowest BCUT2D eigenvalue weighted by molar-refractivity contribution is 0.00815. The first-order chi connectivity index (χ1) is 13.3. The number of rotatable bonds is 13. The predicted molar refractivity (Wildman–Crippen MR) is 124 cm³/mol. The van der Waals surface area contributed by atoms with Crippen molar-refractivity contribution in [3.05, 3.63) is 18.2 Å². The third kappa shape index (κ3) is 9.62. The van der Waals surface area contributed by atoms with Crippen LogP contribution in [0, 0.1) is 0 Å². The summed E-state index contributed by atoms with van der Waals surface area (Å²) < 4.78 is 44.2. The summed E-state index contributed by atoms with van der Waals surface area (Å²) >= 11 is 0. The van der Waals surface area contributed by atoms with Crippen LogP contribution in [0.25, 0.3) is 0 Å². The Morgan fingerprint density at radius 2 is 1.41 bits per heavy atom. The maximum atomic E-state index is 13.2. The van der Waals surface area contributed by atoms with E-state index in [0.717, 1.165) is 12.1 Å². The molecule has 29 heavy (non-hydrogen) atoms. The van der Waals surface area contributed by atoms with E-state index < -0.39 is 26.2 Å². The number of anilines is 1. The van der Waals surface area contributed by atoms with Crippen molar-refractivity contribution in [3.8, 4) is 5.75 Å². The molecular weight excluding hydrogens is 424 g/mol. The predicted octanol–water partition coefficient (Wildman–Crippen LogP) is 3.89. The zero-order valence-electron chi connectivity index (χ0n) is 18.9. The van der Waals surface area contributed by atoms with Crippen LogP contribution in [-0.4, -0.2) is 62.7 Å². The van der Waals surface area contributed by atoms with E-state index in [1.165, 1.54) is 29.6 Å². The standard InChI is InChI=1S/C19H38N2O5SSi2/c1-24-19-14-17(8-9-18(19)20)27(22,23)21(15-25-10-12-28(2,3)4)16-26-11-13-29(5,6)7/h8-9,14H,10-13,15-16,20H2,1-7H3. The van der Waals surface area contributed by atoms with Crippen LogP contribution in [0.15, 0.2) is 23.1 Å². The first-order valence-electron chi connectivity index (χ1n) is 9.85. The van der Waals surface area contributed by atoms with Gasteiger partial charge in [-0.3, -0.25) is 0 Å². The van der Waals surface area contributed by atoms with Gasteiger partial charge < -0.3 is 19.9 Å². The Balaban J connectivity index is 2.91. The zero-order valence-corrected chi connectivity index (χ0v) is 21.8. The largest absolute Gasteiger partial charge is 0.495 e. The Labute approximate surface area is 178 Å². The van der Waals surface area contributed by atoms with E-state index in [0.29, 0.717) is 24.7 Å². The minimum Gasteiger partial charge on any atom is -0.495 e. The number of nitrogens with two attached hydrogens (primary N) is 1. The van der Waals surface area contributed by atoms with Crippen molar-refractivity contribution < 1.29 is 22.6 Å². The molecule has 0 spiro atoms. The highest BCUT2D eigenvalue weighted by molar-refractivity contribution is 7.89. The quantitative estimate of drug-likeness (QED) is 0.207. The number of nitrogen functional groups attached to an aromatic ring is 1. The third-order valence-electron chi connectivity index (χ3n) is 4.31. The minimum absolute atomic E-state index is 0.0492. The average molecular weight is 463 g/mol. The van der Waals surface area contributed by atoms with E-state index >= 15 is 0 Å². The van der Waals surface area contributed by atoms with Gasteiger partial charge in [-0.2, -0.15) is 0 Å². The highest BCUT2D eigenvalue weighted by Crippen LogP contribution is 2.26. The Morgan fingerprint density at radius 1 is 0.931 bits per heavy atom. The molecule has 0 heterocycles. The van der Waals surface area contributed by atoms with Gasteiger partial charge in [0.2, 0.25) is 10.0 Å². The summed E-state index contributed by atoms with van der Waals surface area (Å²) in [7, 11) is -4.87. The van der Waals surface area contributed by atoms with Gasteiger partial charge in [0.05, 0.1) is 17.7 Å². The van der Waals surface area contributed by atoms with Gasteiger partial charge in [0.1, 0.15) is 19.2 Å². The number of nitrogens with zero attached hydrogens (tertiary/aromatic N) is 1. The molecule has 0 aliphatic carbocycles. The number of sulfonamides is 1. The molecule has 1 aromatic carbocycles. The van der Waals surface area contributed by atoms with Crippen LogP contribution in [0.2, 0.25) is 51.4 Å². The molecule has 0 radical (unpaired) electrons. The van der Waals surface area contributed by atoms with Crippen LogP contribution in [0.3, 0.4) is 0 Å². The van der Waals surface area contributed by atoms with E-state index in [-0.39, 0.29) is 18.4 Å². The first kappa shape index (κ1) is 26.1. The van der Waals surface area contributed by atoms with Gasteiger partial charge >= 0.3 is 0 Å². The Bertz CT molecular complexity index is 724. The van der Waals surface area contributed by atoms with Crippen molar-refractivity contribution >= 4 is 31.9 Å². The highest BCUT2D eigenvalue weighted by Gasteiger charge is 2.26. The zero-order chi connectivity index (χ0) is 22.3. The number of hydrogen-bond acceptors (Lipinski definition) is 6. The maximum absolute atomic E-state index is 13.2. The summed E-state index contributed by atoms with van der Waals surface area (Å²) in [5, 5.41) is 0. The molecule has 0 amide bonds. The van der Waals surface area contributed by atoms with E-state index in [9.17, 15) is 8.42 Å². The molecule has 0 saturated carbocycles. The average Bonchev–Trinajstić information content (AvgIpc) is 2.58. The van der Waals surface area contributed by atoms with Gasteiger partial charge in [-0.15, -0.1) is 4.31 Å². The normalized spacial score (nSPS) is 13.1. The molecular formula is C19H38N2O5SSi2. The molecule has 0 saturated heterocycles. The molecule has 10 heteroatoms. The van der Waals surface area contributed by atoms with E-state index in [4.69, 9.17) is 19.9 Å². The van der Waals surface area contributed by atoms with Gasteiger partial charge in [0.25, 0.3) is 0 Å². The lowest BCUT2D eigenvalue weighted by Gasteiger charge is -2.24. The summed E-state index contributed by atoms with van der Waals surface area (Å²) in [6.07, 6.45) is 0. The molecule has 0 unspecified atom stereocenters. The van der Waals surface area contributed by atoms with Crippen molar-refractivity contribution in [3.63, 3.8) is 0 Å². The lowest BCUT2D eigenvalue weighted by atomic mass is 10.3. The second-order valence-corrected chi connectivity index (χ2v) is 22.7. The van der Waals surface area contributed by atoms with Crippen LogP contribution in [-0.2, 0) is 19.5 Å². The van der Waals surface area contributed by atoms with Crippen molar-refractivity contribution in [2.75, 3.05) is 39.5 Å². The van der Waals surface area contributed by atoms with Crippen molar-refractivity contribution in [2.45, 2.75) is 56.3 Å². The van der Waals surface area contributed by atoms with E-state index in [1.807, 2.05) is 0 Å². The molecule has 0 aromatic heterocycles. The summed E-state index contributed by atoms with van der Waals surface area (Å²) in [4.78, 5) is 0.103. The molecule has 0 aliphatic rings. The number of ether oxygens (including phenoxy) is 3. The summed E-state index contributed by atoms with van der Waals surface area (Å²) in [5.41, 5.74) is 6.21. The van der Waals surface area contributed by atoms with Gasteiger partial charge in [0, 0.05) is 35.4 Å². The maximum Gasteiger partial charge on any atom is 0.247 e. The Kier molecular flexibility index (Phi) is 9.83. The summed E-state index contributed by atoms with van der Waals surface area (Å²) in [5.74, 6) is 0.324. The van der Waals surface area contributed by atoms with E-state index in [1.54, 1.807) is 0 Å². The van der Waals surface area contributed by atoms with Crippen LogP contribution in [0.5, 0.6) is 5.75 Å². The number of benzene rings is 1. The third-order valence-corrected chi connectivity index (χ3v) is 9.45. The highest BCUT2D eigenvalue weighted by atomic mass is 32.2. The molecule has 0 aliphatic heterocycles. The molecule has 0 bridgehead atoms. The van der Waals surface area contributed by atoms with E-state index in [2.05, 4.69) is 39.3 Å². The molecule has 1 rings (SSSR count). The lowest BCUT2D eigenvalue weighted by Crippen LogP contribution is -2.36. The fraction of sp³-hybridized carbons (Fsp3) is 0.684. The fourth-order valence-electron chi connectivity index (χ4n) is 2.27. The fourth-order valence-corrected chi connectivity index (χ4v) is 5.00. The molecule has 168 valence electrons. The molecule has 0 fully saturated rings. The Morgan fingerprint density at radius 3 is 1.83 bits per heavy atom.